The van der Waals surface area contributed by atoms with Crippen LogP contribution in [0.1, 0.15) is 15.9 Å². The van der Waals surface area contributed by atoms with Gasteiger partial charge in [0.25, 0.3) is 11.6 Å². The number of nitro benzene ring substituents is 1. The Bertz CT molecular complexity index is 1070. The number of rotatable bonds is 4. The van der Waals surface area contributed by atoms with E-state index in [2.05, 4.69) is 0 Å². The van der Waals surface area contributed by atoms with Crippen LogP contribution in [0.25, 0.3) is 0 Å². The number of benzene rings is 2. The molecule has 0 saturated heterocycles. The first-order valence-electron chi connectivity index (χ1n) is 7.93. The number of sulfone groups is 1. The second-order valence-electron chi connectivity index (χ2n) is 6.14. The number of halogens is 1. The van der Waals surface area contributed by atoms with Gasteiger partial charge < -0.3 is 4.90 Å². The van der Waals surface area contributed by atoms with Crippen molar-refractivity contribution >= 4 is 38.7 Å². The molecule has 0 spiro atoms. The Morgan fingerprint density at radius 1 is 1.26 bits per heavy atom. The number of hydrogen-bond acceptors (Lipinski definition) is 5. The monoisotopic (exact) mass is 406 g/mol. The molecule has 0 aromatic heterocycles. The van der Waals surface area contributed by atoms with Gasteiger partial charge in [0.15, 0.2) is 9.84 Å². The van der Waals surface area contributed by atoms with Crippen molar-refractivity contribution in [1.29, 1.82) is 0 Å². The highest BCUT2D eigenvalue weighted by Crippen LogP contribution is 2.29. The molecule has 0 fully saturated rings. The van der Waals surface area contributed by atoms with E-state index in [1.807, 2.05) is 0 Å². The van der Waals surface area contributed by atoms with Crippen molar-refractivity contribution in [1.82, 2.24) is 0 Å². The minimum atomic E-state index is -3.42. The third-order valence-electron chi connectivity index (χ3n) is 4.20. The summed E-state index contributed by atoms with van der Waals surface area (Å²) in [7, 11) is -3.42. The molecule has 0 N–H and O–H groups in total. The topological polar surface area (TPSA) is 97.6 Å². The molecule has 0 saturated carbocycles. The van der Waals surface area contributed by atoms with E-state index in [0.717, 1.165) is 17.0 Å². The Morgan fingerprint density at radius 2 is 2.00 bits per heavy atom. The van der Waals surface area contributed by atoms with Crippen LogP contribution < -0.4 is 4.90 Å². The summed E-state index contributed by atoms with van der Waals surface area (Å²) in [6.45, 7) is 1.80. The van der Waals surface area contributed by atoms with E-state index in [4.69, 9.17) is 11.6 Å². The molecule has 1 heterocycles. The lowest BCUT2D eigenvalue weighted by molar-refractivity contribution is -0.384. The van der Waals surface area contributed by atoms with Crippen molar-refractivity contribution < 1.29 is 18.1 Å². The summed E-state index contributed by atoms with van der Waals surface area (Å²) in [4.78, 5) is 24.9. The molecule has 0 bridgehead atoms. The van der Waals surface area contributed by atoms with Crippen LogP contribution in [0, 0.1) is 17.0 Å². The highest BCUT2D eigenvalue weighted by Gasteiger charge is 2.32. The van der Waals surface area contributed by atoms with Gasteiger partial charge in [0.1, 0.15) is 0 Å². The van der Waals surface area contributed by atoms with Crippen LogP contribution in [0.3, 0.4) is 0 Å². The Kier molecular flexibility index (Phi) is 5.03. The maximum absolute atomic E-state index is 13.1. The number of anilines is 1. The molecular weight excluding hydrogens is 392 g/mol. The predicted molar refractivity (Wildman–Crippen MR) is 103 cm³/mol. The fourth-order valence-electron chi connectivity index (χ4n) is 2.80. The van der Waals surface area contributed by atoms with Gasteiger partial charge in [-0.1, -0.05) is 23.7 Å². The Hall–Kier alpha value is -2.71. The zero-order valence-electron chi connectivity index (χ0n) is 14.2. The molecule has 9 heteroatoms. The lowest BCUT2D eigenvalue weighted by Crippen LogP contribution is -2.41. The SMILES string of the molecule is Cc1ccc(N(C(=O)c2cccc([N+](=O)[O-])c2)C2C=CS(=O)(=O)C2)cc1Cl. The molecule has 1 amide bonds. The summed E-state index contributed by atoms with van der Waals surface area (Å²) in [5, 5.41) is 12.5. The van der Waals surface area contributed by atoms with Crippen LogP contribution in [-0.4, -0.2) is 31.0 Å². The maximum atomic E-state index is 13.1. The van der Waals surface area contributed by atoms with Crippen molar-refractivity contribution in [2.75, 3.05) is 10.7 Å². The van der Waals surface area contributed by atoms with Gasteiger partial charge in [-0.2, -0.15) is 0 Å². The second kappa shape index (κ2) is 7.13. The first-order chi connectivity index (χ1) is 12.7. The zero-order valence-corrected chi connectivity index (χ0v) is 15.8. The zero-order chi connectivity index (χ0) is 19.8. The fraction of sp³-hybridized carbons (Fsp3) is 0.167. The molecule has 1 aliphatic rings. The van der Waals surface area contributed by atoms with Crippen molar-refractivity contribution in [2.24, 2.45) is 0 Å². The standard InChI is InChI=1S/C18H15ClN2O5S/c1-12-5-6-14(10-17(12)19)20(16-7-8-27(25,26)11-16)18(22)13-3-2-4-15(9-13)21(23)24/h2-10,16H,11H2,1H3. The molecule has 0 radical (unpaired) electrons. The molecule has 1 atom stereocenters. The molecule has 1 aliphatic heterocycles. The van der Waals surface area contributed by atoms with E-state index in [1.165, 1.54) is 29.2 Å². The maximum Gasteiger partial charge on any atom is 0.270 e. The molecular formula is C18H15ClN2O5S. The van der Waals surface area contributed by atoms with Gasteiger partial charge in [-0.15, -0.1) is 0 Å². The van der Waals surface area contributed by atoms with Crippen molar-refractivity contribution in [3.8, 4) is 0 Å². The molecule has 27 heavy (non-hydrogen) atoms. The second-order valence-corrected chi connectivity index (χ2v) is 8.48. The van der Waals surface area contributed by atoms with Crippen LogP contribution >= 0.6 is 11.6 Å². The number of aryl methyl sites for hydroxylation is 1. The minimum absolute atomic E-state index is 0.0820. The third kappa shape index (κ3) is 4.01. The Morgan fingerprint density at radius 3 is 2.59 bits per heavy atom. The van der Waals surface area contributed by atoms with Gasteiger partial charge >= 0.3 is 0 Å². The summed E-state index contributed by atoms with van der Waals surface area (Å²) in [6, 6.07) is 9.53. The highest BCUT2D eigenvalue weighted by atomic mass is 35.5. The average molecular weight is 407 g/mol. The normalized spacial score (nSPS) is 17.6. The van der Waals surface area contributed by atoms with Gasteiger partial charge in [-0.25, -0.2) is 8.42 Å². The Balaban J connectivity index is 2.08. The minimum Gasteiger partial charge on any atom is -0.300 e. The molecule has 1 unspecified atom stereocenters. The van der Waals surface area contributed by atoms with E-state index in [0.29, 0.717) is 10.7 Å². The molecule has 7 nitrogen and oxygen atoms in total. The summed E-state index contributed by atoms with van der Waals surface area (Å²) >= 11 is 6.17. The largest absolute Gasteiger partial charge is 0.300 e. The van der Waals surface area contributed by atoms with Crippen LogP contribution in [0.15, 0.2) is 53.9 Å². The summed E-state index contributed by atoms with van der Waals surface area (Å²) in [6.07, 6.45) is 1.43. The average Bonchev–Trinajstić information content (AvgIpc) is 2.97. The quantitative estimate of drug-likeness (QED) is 0.571. The number of carbonyl (C=O) groups excluding carboxylic acids is 1. The number of nitrogens with zero attached hydrogens (tertiary/aromatic N) is 2. The van der Waals surface area contributed by atoms with E-state index in [9.17, 15) is 23.3 Å². The number of hydrogen-bond donors (Lipinski definition) is 0. The molecule has 2 aromatic carbocycles. The molecule has 0 aliphatic carbocycles. The van der Waals surface area contributed by atoms with Crippen LogP contribution in [0.2, 0.25) is 5.02 Å². The van der Waals surface area contributed by atoms with Gasteiger partial charge in [0.05, 0.1) is 16.7 Å². The van der Waals surface area contributed by atoms with E-state index in [-0.39, 0.29) is 17.0 Å². The predicted octanol–water partition coefficient (Wildman–Crippen LogP) is 3.51. The smallest absolute Gasteiger partial charge is 0.270 e. The summed E-state index contributed by atoms with van der Waals surface area (Å²) < 4.78 is 23.7. The van der Waals surface area contributed by atoms with E-state index < -0.39 is 26.7 Å². The van der Waals surface area contributed by atoms with Crippen LogP contribution in [0.5, 0.6) is 0 Å². The van der Waals surface area contributed by atoms with Crippen LogP contribution in [0.4, 0.5) is 11.4 Å². The van der Waals surface area contributed by atoms with Gasteiger partial charge in [-0.05, 0) is 36.8 Å². The third-order valence-corrected chi connectivity index (χ3v) is 5.98. The summed E-state index contributed by atoms with van der Waals surface area (Å²) in [5.74, 6) is -0.815. The van der Waals surface area contributed by atoms with Gasteiger partial charge in [0.2, 0.25) is 0 Å². The van der Waals surface area contributed by atoms with Crippen molar-refractivity contribution in [3.05, 3.63) is 80.2 Å². The first-order valence-corrected chi connectivity index (χ1v) is 10.0. The van der Waals surface area contributed by atoms with E-state index in [1.54, 1.807) is 25.1 Å². The van der Waals surface area contributed by atoms with Gasteiger partial charge in [0, 0.05) is 33.8 Å². The number of amides is 1. The molecule has 2 aromatic rings. The first kappa shape index (κ1) is 19.1. The Labute approximate surface area is 160 Å². The molecule has 3 rings (SSSR count). The van der Waals surface area contributed by atoms with Crippen LogP contribution in [-0.2, 0) is 9.84 Å². The fourth-order valence-corrected chi connectivity index (χ4v) is 4.25. The highest BCUT2D eigenvalue weighted by molar-refractivity contribution is 7.94. The van der Waals surface area contributed by atoms with Gasteiger partial charge in [-0.3, -0.25) is 14.9 Å². The number of non-ortho nitro benzene ring substituents is 1. The van der Waals surface area contributed by atoms with Crippen molar-refractivity contribution in [3.63, 3.8) is 0 Å². The number of carbonyl (C=O) groups is 1. The molecule has 140 valence electrons. The lowest BCUT2D eigenvalue weighted by atomic mass is 10.1. The number of nitro groups is 1. The van der Waals surface area contributed by atoms with E-state index >= 15 is 0 Å². The lowest BCUT2D eigenvalue weighted by Gasteiger charge is -2.28. The summed E-state index contributed by atoms with van der Waals surface area (Å²) in [5.41, 5.74) is 1.07. The van der Waals surface area contributed by atoms with Crippen molar-refractivity contribution in [2.45, 2.75) is 13.0 Å².